The third kappa shape index (κ3) is 10.2. The van der Waals surface area contributed by atoms with Gasteiger partial charge in [0.05, 0.1) is 11.1 Å². The molecular formula is C24H38O6. The summed E-state index contributed by atoms with van der Waals surface area (Å²) in [5, 5.41) is 0. The van der Waals surface area contributed by atoms with Crippen molar-refractivity contribution in [2.75, 3.05) is 0 Å². The van der Waals surface area contributed by atoms with E-state index < -0.39 is 23.1 Å². The van der Waals surface area contributed by atoms with Gasteiger partial charge in [-0.15, -0.1) is 0 Å². The minimum Gasteiger partial charge on any atom is -0.292 e. The summed E-state index contributed by atoms with van der Waals surface area (Å²) in [6, 6.07) is 5.94. The van der Waals surface area contributed by atoms with Crippen LogP contribution in [0, 0.1) is 10.8 Å². The molecule has 0 saturated carbocycles. The van der Waals surface area contributed by atoms with Gasteiger partial charge in [0, 0.05) is 0 Å². The Bertz CT molecular complexity index is 655. The molecular weight excluding hydrogens is 384 g/mol. The van der Waals surface area contributed by atoms with Gasteiger partial charge >= 0.3 is 11.9 Å². The molecule has 0 saturated heterocycles. The van der Waals surface area contributed by atoms with Crippen LogP contribution in [-0.2, 0) is 19.6 Å². The minimum atomic E-state index is -0.625. The Morgan fingerprint density at radius 2 is 0.867 bits per heavy atom. The Morgan fingerprint density at radius 1 is 0.600 bits per heavy atom. The quantitative estimate of drug-likeness (QED) is 0.362. The number of carbonyl (C=O) groups excluding carboxylic acids is 2. The first-order chi connectivity index (χ1) is 13.4. The van der Waals surface area contributed by atoms with E-state index in [0.717, 1.165) is 0 Å². The minimum absolute atomic E-state index is 0.0292. The van der Waals surface area contributed by atoms with E-state index in [2.05, 4.69) is 41.5 Å². The zero-order chi connectivity index (χ0) is 23.4. The third-order valence-electron chi connectivity index (χ3n) is 3.95. The van der Waals surface area contributed by atoms with Crippen LogP contribution < -0.4 is 0 Å². The smallest absolute Gasteiger partial charge is 0.292 e. The number of hydrogen-bond donors (Lipinski definition) is 0. The fourth-order valence-electron chi connectivity index (χ4n) is 3.75. The molecule has 0 spiro atoms. The number of hydrogen-bond acceptors (Lipinski definition) is 6. The van der Waals surface area contributed by atoms with Crippen molar-refractivity contribution in [3.05, 3.63) is 35.4 Å². The lowest BCUT2D eigenvalue weighted by molar-refractivity contribution is -0.312. The van der Waals surface area contributed by atoms with Gasteiger partial charge in [0.15, 0.2) is 0 Å². The number of carbonyl (C=O) groups is 2. The predicted molar refractivity (Wildman–Crippen MR) is 116 cm³/mol. The van der Waals surface area contributed by atoms with Gasteiger partial charge in [-0.1, -0.05) is 41.5 Å². The van der Waals surface area contributed by atoms with Crippen LogP contribution >= 0.6 is 0 Å². The lowest BCUT2D eigenvalue weighted by Crippen LogP contribution is -2.31. The van der Waals surface area contributed by atoms with E-state index in [1.807, 2.05) is 27.7 Å². The summed E-state index contributed by atoms with van der Waals surface area (Å²) in [5.41, 5.74) is -0.633. The van der Waals surface area contributed by atoms with E-state index in [1.54, 1.807) is 0 Å². The molecule has 0 aliphatic carbocycles. The van der Waals surface area contributed by atoms with Crippen molar-refractivity contribution in [2.24, 2.45) is 10.8 Å². The molecule has 170 valence electrons. The maximum atomic E-state index is 12.2. The van der Waals surface area contributed by atoms with Crippen molar-refractivity contribution in [3.8, 4) is 0 Å². The first kappa shape index (κ1) is 26.1. The second kappa shape index (κ2) is 9.48. The average Bonchev–Trinajstić information content (AvgIpc) is 2.53. The van der Waals surface area contributed by atoms with Gasteiger partial charge in [-0.3, -0.25) is 9.78 Å². The fourth-order valence-corrected chi connectivity index (χ4v) is 3.75. The normalized spacial score (nSPS) is 13.1. The predicted octanol–water partition coefficient (Wildman–Crippen LogP) is 6.29. The highest BCUT2D eigenvalue weighted by atomic mass is 17.2. The summed E-state index contributed by atoms with van der Waals surface area (Å²) in [5.74, 6) is -1.25. The van der Waals surface area contributed by atoms with Gasteiger partial charge in [0.1, 0.15) is 11.2 Å². The Balaban J connectivity index is 2.64. The highest BCUT2D eigenvalue weighted by Gasteiger charge is 2.30. The maximum Gasteiger partial charge on any atom is 0.373 e. The molecule has 0 bridgehead atoms. The molecule has 1 rings (SSSR count). The lowest BCUT2D eigenvalue weighted by Gasteiger charge is -2.30. The molecule has 0 amide bonds. The topological polar surface area (TPSA) is 71.1 Å². The molecule has 0 fully saturated rings. The molecule has 6 nitrogen and oxygen atoms in total. The fraction of sp³-hybridized carbons (Fsp3) is 0.667. The van der Waals surface area contributed by atoms with Crippen LogP contribution in [0.5, 0.6) is 0 Å². The van der Waals surface area contributed by atoms with Crippen LogP contribution in [-0.4, -0.2) is 23.1 Å². The Kier molecular flexibility index (Phi) is 8.25. The van der Waals surface area contributed by atoms with Gasteiger partial charge in [-0.2, -0.15) is 9.78 Å². The van der Waals surface area contributed by atoms with E-state index >= 15 is 0 Å². The van der Waals surface area contributed by atoms with Crippen molar-refractivity contribution >= 4 is 11.9 Å². The number of rotatable bonds is 8. The summed E-state index contributed by atoms with van der Waals surface area (Å²) in [7, 11) is 0. The molecule has 1 aromatic carbocycles. The Hall–Kier alpha value is -1.92. The SMILES string of the molecule is CC(C)(C)CC(C)(C)OOC(=O)c1ccc(C(=O)OOC(C)(C)CC(C)(C)C)cc1. The molecule has 0 unspecified atom stereocenters. The molecule has 30 heavy (non-hydrogen) atoms. The zero-order valence-electron chi connectivity index (χ0n) is 20.2. The van der Waals surface area contributed by atoms with Crippen molar-refractivity contribution in [3.63, 3.8) is 0 Å². The molecule has 0 aliphatic rings. The second-order valence-corrected chi connectivity index (χ2v) is 11.5. The summed E-state index contributed by atoms with van der Waals surface area (Å²) < 4.78 is 0. The van der Waals surface area contributed by atoms with Gasteiger partial charge in [-0.05, 0) is 75.6 Å². The van der Waals surface area contributed by atoms with E-state index in [0.29, 0.717) is 12.8 Å². The van der Waals surface area contributed by atoms with Crippen LogP contribution in [0.2, 0.25) is 0 Å². The molecule has 0 heterocycles. The standard InChI is InChI=1S/C24H38O6/c1-21(2,3)15-23(7,8)29-27-19(25)17-11-13-18(14-12-17)20(26)28-30-24(9,10)16-22(4,5)6/h11-14H,15-16H2,1-10H3. The molecule has 6 heteroatoms. The van der Waals surface area contributed by atoms with Gasteiger partial charge in [0.2, 0.25) is 0 Å². The average molecular weight is 423 g/mol. The number of benzene rings is 1. The molecule has 0 radical (unpaired) electrons. The lowest BCUT2D eigenvalue weighted by atomic mass is 9.84. The highest BCUT2D eigenvalue weighted by Crippen LogP contribution is 2.30. The molecule has 0 aromatic heterocycles. The molecule has 0 aliphatic heterocycles. The van der Waals surface area contributed by atoms with Crippen LogP contribution in [0.25, 0.3) is 0 Å². The summed E-state index contributed by atoms with van der Waals surface area (Å²) in [4.78, 5) is 45.2. The zero-order valence-corrected chi connectivity index (χ0v) is 20.2. The van der Waals surface area contributed by atoms with Gasteiger partial charge in [-0.25, -0.2) is 9.59 Å². The Labute approximate surface area is 181 Å². The first-order valence-corrected chi connectivity index (χ1v) is 10.3. The summed E-state index contributed by atoms with van der Waals surface area (Å²) in [6.45, 7) is 20.0. The van der Waals surface area contributed by atoms with Gasteiger partial charge in [0.25, 0.3) is 0 Å². The van der Waals surface area contributed by atoms with Crippen molar-refractivity contribution < 1.29 is 29.1 Å². The molecule has 1 aromatic rings. The summed E-state index contributed by atoms with van der Waals surface area (Å²) >= 11 is 0. The van der Waals surface area contributed by atoms with E-state index in [-0.39, 0.29) is 22.0 Å². The van der Waals surface area contributed by atoms with E-state index in [4.69, 9.17) is 19.6 Å². The van der Waals surface area contributed by atoms with E-state index in [9.17, 15) is 9.59 Å². The van der Waals surface area contributed by atoms with Crippen molar-refractivity contribution in [2.45, 2.75) is 93.3 Å². The highest BCUT2D eigenvalue weighted by molar-refractivity contribution is 5.92. The second-order valence-electron chi connectivity index (χ2n) is 11.5. The van der Waals surface area contributed by atoms with E-state index in [1.165, 1.54) is 24.3 Å². The first-order valence-electron chi connectivity index (χ1n) is 10.3. The van der Waals surface area contributed by atoms with Crippen molar-refractivity contribution in [1.82, 2.24) is 0 Å². The van der Waals surface area contributed by atoms with Crippen molar-refractivity contribution in [1.29, 1.82) is 0 Å². The molecule has 0 N–H and O–H groups in total. The van der Waals surface area contributed by atoms with Crippen LogP contribution in [0.1, 0.15) is 103 Å². The summed E-state index contributed by atoms with van der Waals surface area (Å²) in [6.07, 6.45) is 1.42. The van der Waals surface area contributed by atoms with Crippen LogP contribution in [0.3, 0.4) is 0 Å². The monoisotopic (exact) mass is 422 g/mol. The van der Waals surface area contributed by atoms with Crippen LogP contribution in [0.15, 0.2) is 24.3 Å². The van der Waals surface area contributed by atoms with Crippen LogP contribution in [0.4, 0.5) is 0 Å². The third-order valence-corrected chi connectivity index (χ3v) is 3.95. The largest absolute Gasteiger partial charge is 0.373 e. The maximum absolute atomic E-state index is 12.2. The van der Waals surface area contributed by atoms with Gasteiger partial charge < -0.3 is 0 Å². The molecule has 0 atom stereocenters. The Morgan fingerprint density at radius 3 is 1.10 bits per heavy atom.